The molecule has 9 heteroatoms. The maximum absolute atomic E-state index is 10.2. The predicted octanol–water partition coefficient (Wildman–Crippen LogP) is -1.03. The average molecular weight is 229 g/mol. The molecule has 0 aromatic heterocycles. The van der Waals surface area contributed by atoms with Crippen LogP contribution in [0.25, 0.3) is 0 Å². The first kappa shape index (κ1) is 12.6. The zero-order valence-electron chi connectivity index (χ0n) is 6.38. The Kier molecular flexibility index (Phi) is 5.86. The van der Waals surface area contributed by atoms with Crippen LogP contribution in [-0.2, 0) is 13.9 Å². The first-order valence-corrected chi connectivity index (χ1v) is 5.09. The number of hydrogen-bond donors (Lipinski definition) is 3. The number of aliphatic carboxylic acids is 1. The largest absolute Gasteiger partial charge is 0.480 e. The highest BCUT2D eigenvalue weighted by molar-refractivity contribution is 7.25. The zero-order chi connectivity index (χ0) is 10.4. The van der Waals surface area contributed by atoms with Crippen molar-refractivity contribution in [2.75, 3.05) is 6.54 Å². The molecule has 0 fully saturated rings. The molecule has 0 saturated carbocycles. The summed E-state index contributed by atoms with van der Waals surface area (Å²) in [5, 5.41) is 26.2. The second kappa shape index (κ2) is 6.07. The molecular formula is C4H9NO6P2+2. The maximum atomic E-state index is 10.2. The lowest BCUT2D eigenvalue weighted by Gasteiger charge is -2.14. The van der Waals surface area contributed by atoms with Crippen molar-refractivity contribution in [1.82, 2.24) is 4.90 Å². The molecule has 0 heterocycles. The van der Waals surface area contributed by atoms with E-state index in [2.05, 4.69) is 0 Å². The van der Waals surface area contributed by atoms with Crippen molar-refractivity contribution in [2.45, 2.75) is 11.9 Å². The second-order valence-electron chi connectivity index (χ2n) is 2.05. The van der Waals surface area contributed by atoms with E-state index in [0.29, 0.717) is 4.90 Å². The van der Waals surface area contributed by atoms with Gasteiger partial charge in [0.1, 0.15) is 6.54 Å². The van der Waals surface area contributed by atoms with Crippen LogP contribution >= 0.6 is 16.9 Å². The number of aliphatic hydroxyl groups is 2. The van der Waals surface area contributed by atoms with Gasteiger partial charge in [0, 0.05) is 0 Å². The van der Waals surface area contributed by atoms with Crippen molar-refractivity contribution in [3.8, 4) is 0 Å². The second-order valence-corrected chi connectivity index (χ2v) is 3.55. The quantitative estimate of drug-likeness (QED) is 0.394. The van der Waals surface area contributed by atoms with E-state index in [9.17, 15) is 13.9 Å². The molecule has 0 aromatic rings. The van der Waals surface area contributed by atoms with Crippen LogP contribution in [0.5, 0.6) is 0 Å². The molecule has 0 aliphatic heterocycles. The topological polar surface area (TPSA) is 115 Å². The van der Waals surface area contributed by atoms with E-state index in [4.69, 9.17) is 15.3 Å². The standard InChI is InChI=1S/C4H7NO6P2/c6-2(7)1-5(3(8)12-10)4(9)13-11/h3-4,8-9H,1H2,(H,6,7)/p+2. The van der Waals surface area contributed by atoms with E-state index >= 15 is 0 Å². The number of nitrogens with zero attached hydrogens (tertiary/aromatic N) is 1. The highest BCUT2D eigenvalue weighted by Gasteiger charge is 2.34. The SMILES string of the molecule is O=[PH+]C(O)N(CC(=O)O)C(O)[PH+]=O. The van der Waals surface area contributed by atoms with Crippen LogP contribution in [0.3, 0.4) is 0 Å². The maximum Gasteiger partial charge on any atom is 0.373 e. The molecule has 4 atom stereocenters. The van der Waals surface area contributed by atoms with E-state index in [1.165, 1.54) is 0 Å². The van der Waals surface area contributed by atoms with Gasteiger partial charge >= 0.3 is 34.8 Å². The number of rotatable bonds is 6. The number of hydrogen-bond acceptors (Lipinski definition) is 6. The smallest absolute Gasteiger partial charge is 0.373 e. The highest BCUT2D eigenvalue weighted by Crippen LogP contribution is 2.17. The monoisotopic (exact) mass is 229 g/mol. The van der Waals surface area contributed by atoms with Crippen LogP contribution in [0.2, 0.25) is 0 Å². The molecule has 13 heavy (non-hydrogen) atoms. The van der Waals surface area contributed by atoms with Crippen molar-refractivity contribution in [2.24, 2.45) is 0 Å². The van der Waals surface area contributed by atoms with Gasteiger partial charge in [0.05, 0.1) is 0 Å². The first-order chi connectivity index (χ1) is 6.02. The predicted molar refractivity (Wildman–Crippen MR) is 44.4 cm³/mol. The van der Waals surface area contributed by atoms with Gasteiger partial charge in [-0.25, -0.2) is 0 Å². The molecule has 7 nitrogen and oxygen atoms in total. The molecule has 3 N–H and O–H groups in total. The van der Waals surface area contributed by atoms with Crippen molar-refractivity contribution in [1.29, 1.82) is 0 Å². The van der Waals surface area contributed by atoms with Gasteiger partial charge < -0.3 is 15.3 Å². The van der Waals surface area contributed by atoms with Crippen LogP contribution in [0.15, 0.2) is 0 Å². The van der Waals surface area contributed by atoms with E-state index < -0.39 is 41.4 Å². The minimum atomic E-state index is -1.62. The lowest BCUT2D eigenvalue weighted by molar-refractivity contribution is -0.142. The lowest BCUT2D eigenvalue weighted by Crippen LogP contribution is -2.41. The van der Waals surface area contributed by atoms with Crippen LogP contribution in [0.1, 0.15) is 0 Å². The average Bonchev–Trinajstić information content (AvgIpc) is 2.11. The molecule has 0 aromatic carbocycles. The third kappa shape index (κ3) is 4.36. The Hall–Kier alpha value is -0.450. The van der Waals surface area contributed by atoms with Crippen molar-refractivity contribution in [3.05, 3.63) is 0 Å². The summed E-state index contributed by atoms with van der Waals surface area (Å²) in [5.74, 6) is -4.56. The Balaban J connectivity index is 4.43. The Labute approximate surface area is 76.4 Å². The minimum Gasteiger partial charge on any atom is -0.480 e. The number of carboxylic acid groups (broad SMARTS) is 1. The molecule has 0 saturated heterocycles. The minimum absolute atomic E-state index is 0.555. The summed E-state index contributed by atoms with van der Waals surface area (Å²) in [5.41, 5.74) is 0. The summed E-state index contributed by atoms with van der Waals surface area (Å²) < 4.78 is 20.4. The highest BCUT2D eigenvalue weighted by atomic mass is 31.1. The summed E-state index contributed by atoms with van der Waals surface area (Å²) in [6, 6.07) is 0. The van der Waals surface area contributed by atoms with E-state index in [-0.39, 0.29) is 0 Å². The molecule has 4 unspecified atom stereocenters. The first-order valence-electron chi connectivity index (χ1n) is 3.12. The van der Waals surface area contributed by atoms with Gasteiger partial charge in [-0.2, -0.15) is 4.90 Å². The van der Waals surface area contributed by atoms with Crippen LogP contribution < -0.4 is 0 Å². The normalized spacial score (nSPS) is 16.2. The van der Waals surface area contributed by atoms with Gasteiger partial charge in [-0.3, -0.25) is 4.79 Å². The molecule has 0 spiro atoms. The Morgan fingerprint density at radius 3 is 1.85 bits per heavy atom. The van der Waals surface area contributed by atoms with Crippen LogP contribution in [0, 0.1) is 0 Å². The van der Waals surface area contributed by atoms with Crippen molar-refractivity contribution in [3.63, 3.8) is 0 Å². The Morgan fingerprint density at radius 1 is 1.23 bits per heavy atom. The number of aliphatic hydroxyl groups excluding tert-OH is 2. The summed E-state index contributed by atoms with van der Waals surface area (Å²) >= 11 is 0. The van der Waals surface area contributed by atoms with Crippen molar-refractivity contribution < 1.29 is 29.2 Å². The molecule has 0 aliphatic rings. The third-order valence-corrected chi connectivity index (χ3v) is 2.24. The molecule has 0 aliphatic carbocycles. The fourth-order valence-corrected chi connectivity index (χ4v) is 1.48. The van der Waals surface area contributed by atoms with E-state index in [0.717, 1.165) is 0 Å². The van der Waals surface area contributed by atoms with Crippen molar-refractivity contribution >= 4 is 22.9 Å². The summed E-state index contributed by atoms with van der Waals surface area (Å²) in [4.78, 5) is 10.7. The molecule has 0 rings (SSSR count). The fourth-order valence-electron chi connectivity index (χ4n) is 0.598. The number of carboxylic acids is 1. The van der Waals surface area contributed by atoms with Gasteiger partial charge in [0.2, 0.25) is 0 Å². The summed E-state index contributed by atoms with van der Waals surface area (Å²) in [7, 11) is -2.44. The van der Waals surface area contributed by atoms with Gasteiger partial charge in [-0.15, -0.1) is 0 Å². The van der Waals surface area contributed by atoms with Crippen LogP contribution in [0.4, 0.5) is 0 Å². The molecular weight excluding hydrogens is 220 g/mol. The van der Waals surface area contributed by atoms with Gasteiger partial charge in [0.15, 0.2) is 0 Å². The van der Waals surface area contributed by atoms with Gasteiger partial charge in [-0.1, -0.05) is 9.13 Å². The van der Waals surface area contributed by atoms with Crippen LogP contribution in [-0.4, -0.2) is 44.7 Å². The molecule has 0 amide bonds. The molecule has 0 radical (unpaired) electrons. The Bertz CT molecular complexity index is 197. The Morgan fingerprint density at radius 2 is 1.62 bits per heavy atom. The van der Waals surface area contributed by atoms with E-state index in [1.807, 2.05) is 0 Å². The fraction of sp³-hybridized carbons (Fsp3) is 0.750. The lowest BCUT2D eigenvalue weighted by atomic mass is 10.6. The summed E-state index contributed by atoms with van der Waals surface area (Å²) in [6.45, 7) is -0.729. The summed E-state index contributed by atoms with van der Waals surface area (Å²) in [6.07, 6.45) is 0. The third-order valence-electron chi connectivity index (χ3n) is 1.16. The zero-order valence-corrected chi connectivity index (χ0v) is 8.38. The molecule has 0 bridgehead atoms. The van der Waals surface area contributed by atoms with Gasteiger partial charge in [-0.05, 0) is 0 Å². The van der Waals surface area contributed by atoms with E-state index in [1.54, 1.807) is 0 Å². The van der Waals surface area contributed by atoms with Gasteiger partial charge in [0.25, 0.3) is 0 Å². The molecule has 74 valence electrons. The number of carbonyl (C=O) groups is 1.